The Balaban J connectivity index is 2.39. The van der Waals surface area contributed by atoms with E-state index in [1.54, 1.807) is 0 Å². The highest BCUT2D eigenvalue weighted by molar-refractivity contribution is 5.74. The third kappa shape index (κ3) is 3.88. The normalized spacial score (nSPS) is 9.81. The predicted molar refractivity (Wildman–Crippen MR) is 49.9 cm³/mol. The lowest BCUT2D eigenvalue weighted by Crippen LogP contribution is -2.33. The first-order chi connectivity index (χ1) is 7.61. The highest BCUT2D eigenvalue weighted by Gasteiger charge is 2.06. The fourth-order valence-electron chi connectivity index (χ4n) is 0.899. The molecule has 1 rings (SSSR count). The average molecular weight is 229 g/mol. The molecule has 5 N–H and O–H groups in total. The summed E-state index contributed by atoms with van der Waals surface area (Å²) in [5, 5.41) is 21.5. The monoisotopic (exact) mass is 229 g/mol. The summed E-state index contributed by atoms with van der Waals surface area (Å²) in [6, 6.07) is 0. The van der Waals surface area contributed by atoms with Crippen molar-refractivity contribution in [3.8, 4) is 0 Å². The van der Waals surface area contributed by atoms with E-state index < -0.39 is 12.0 Å². The van der Waals surface area contributed by atoms with Gasteiger partial charge in [0.05, 0.1) is 0 Å². The minimum absolute atomic E-state index is 0.129. The van der Waals surface area contributed by atoms with E-state index in [-0.39, 0.29) is 13.1 Å². The number of carboxylic acid groups (broad SMARTS) is 1. The van der Waals surface area contributed by atoms with Crippen LogP contribution in [0.4, 0.5) is 4.79 Å². The van der Waals surface area contributed by atoms with Crippen LogP contribution >= 0.6 is 0 Å². The molecule has 0 fully saturated rings. The van der Waals surface area contributed by atoms with Gasteiger partial charge in [-0.2, -0.15) is 4.80 Å². The summed E-state index contributed by atoms with van der Waals surface area (Å²) < 4.78 is 0. The predicted octanol–water partition coefficient (Wildman–Crippen LogP) is -2.53. The second kappa shape index (κ2) is 5.60. The maximum absolute atomic E-state index is 10.8. The molecule has 0 saturated carbocycles. The Bertz CT molecular complexity index is 376. The Morgan fingerprint density at radius 1 is 1.50 bits per heavy atom. The topological polar surface area (TPSA) is 148 Å². The van der Waals surface area contributed by atoms with Crippen LogP contribution in [0.15, 0.2) is 0 Å². The van der Waals surface area contributed by atoms with Crippen molar-refractivity contribution < 1.29 is 14.7 Å². The van der Waals surface area contributed by atoms with Crippen LogP contribution in [-0.4, -0.2) is 43.9 Å². The SMILES string of the molecule is NNC(=O)Cn1nnc(CCNC(=O)O)n1. The second-order valence-corrected chi connectivity index (χ2v) is 2.79. The van der Waals surface area contributed by atoms with E-state index in [9.17, 15) is 9.59 Å². The van der Waals surface area contributed by atoms with E-state index in [2.05, 4.69) is 20.7 Å². The van der Waals surface area contributed by atoms with Crippen molar-refractivity contribution in [1.82, 2.24) is 30.9 Å². The van der Waals surface area contributed by atoms with E-state index in [0.29, 0.717) is 12.2 Å². The molecule has 0 atom stereocenters. The van der Waals surface area contributed by atoms with Crippen LogP contribution in [0.5, 0.6) is 0 Å². The highest BCUT2D eigenvalue weighted by atomic mass is 16.4. The largest absolute Gasteiger partial charge is 0.465 e. The van der Waals surface area contributed by atoms with Crippen molar-refractivity contribution >= 4 is 12.0 Å². The Kier molecular flexibility index (Phi) is 4.15. The first-order valence-corrected chi connectivity index (χ1v) is 4.34. The number of rotatable bonds is 5. The number of amides is 2. The first-order valence-electron chi connectivity index (χ1n) is 4.34. The van der Waals surface area contributed by atoms with Crippen LogP contribution in [0.2, 0.25) is 0 Å². The molecule has 1 aromatic rings. The number of hydrogen-bond donors (Lipinski definition) is 4. The van der Waals surface area contributed by atoms with Gasteiger partial charge in [0, 0.05) is 13.0 Å². The molecule has 88 valence electrons. The summed E-state index contributed by atoms with van der Waals surface area (Å²) in [5.41, 5.74) is 1.92. The summed E-state index contributed by atoms with van der Waals surface area (Å²) >= 11 is 0. The summed E-state index contributed by atoms with van der Waals surface area (Å²) in [6.07, 6.45) is -0.814. The summed E-state index contributed by atoms with van der Waals surface area (Å²) in [5.74, 6) is 4.77. The van der Waals surface area contributed by atoms with Crippen LogP contribution in [0.25, 0.3) is 0 Å². The van der Waals surface area contributed by atoms with Gasteiger partial charge in [-0.3, -0.25) is 10.2 Å². The molecule has 1 aromatic heterocycles. The van der Waals surface area contributed by atoms with E-state index in [1.165, 1.54) is 0 Å². The second-order valence-electron chi connectivity index (χ2n) is 2.79. The highest BCUT2D eigenvalue weighted by Crippen LogP contribution is 1.87. The lowest BCUT2D eigenvalue weighted by atomic mass is 10.4. The number of carbonyl (C=O) groups excluding carboxylic acids is 1. The molecule has 0 aliphatic heterocycles. The van der Waals surface area contributed by atoms with E-state index in [1.807, 2.05) is 5.43 Å². The molecule has 0 radical (unpaired) electrons. The fourth-order valence-corrected chi connectivity index (χ4v) is 0.899. The molecule has 0 spiro atoms. The van der Waals surface area contributed by atoms with Crippen LogP contribution in [0.1, 0.15) is 5.82 Å². The Labute approximate surface area is 89.8 Å². The zero-order chi connectivity index (χ0) is 12.0. The number of nitrogens with one attached hydrogen (secondary N) is 2. The number of nitrogens with two attached hydrogens (primary N) is 1. The molecule has 16 heavy (non-hydrogen) atoms. The first kappa shape index (κ1) is 11.8. The number of carbonyl (C=O) groups is 2. The van der Waals surface area contributed by atoms with Gasteiger partial charge in [0.25, 0.3) is 5.91 Å². The van der Waals surface area contributed by atoms with Crippen molar-refractivity contribution in [3.05, 3.63) is 5.82 Å². The fraction of sp³-hybridized carbons (Fsp3) is 0.500. The number of nitrogens with zero attached hydrogens (tertiary/aromatic N) is 4. The molecule has 0 saturated heterocycles. The van der Waals surface area contributed by atoms with Gasteiger partial charge in [0.2, 0.25) is 0 Å². The molecule has 0 aliphatic carbocycles. The quantitative estimate of drug-likeness (QED) is 0.247. The maximum atomic E-state index is 10.8. The number of aromatic nitrogens is 4. The number of hydrazine groups is 1. The van der Waals surface area contributed by atoms with E-state index in [4.69, 9.17) is 10.9 Å². The molecule has 0 aliphatic rings. The zero-order valence-corrected chi connectivity index (χ0v) is 8.25. The Morgan fingerprint density at radius 3 is 2.88 bits per heavy atom. The average Bonchev–Trinajstić information content (AvgIpc) is 2.65. The molecular weight excluding hydrogens is 218 g/mol. The van der Waals surface area contributed by atoms with Gasteiger partial charge < -0.3 is 10.4 Å². The Morgan fingerprint density at radius 2 is 2.25 bits per heavy atom. The van der Waals surface area contributed by atoms with Gasteiger partial charge in [-0.05, 0) is 5.21 Å². The van der Waals surface area contributed by atoms with Gasteiger partial charge in [0.15, 0.2) is 5.82 Å². The molecule has 10 heteroatoms. The van der Waals surface area contributed by atoms with Crippen molar-refractivity contribution in [1.29, 1.82) is 0 Å². The van der Waals surface area contributed by atoms with Gasteiger partial charge in [0.1, 0.15) is 6.54 Å². The molecule has 0 aromatic carbocycles. The minimum atomic E-state index is -1.12. The lowest BCUT2D eigenvalue weighted by molar-refractivity contribution is -0.122. The summed E-state index contributed by atoms with van der Waals surface area (Å²) in [7, 11) is 0. The standard InChI is InChI=1S/C6H11N7O3/c7-9-5(14)3-13-11-4(10-12-13)1-2-8-6(15)16/h8H,1-3,7H2,(H,9,14)(H,15,16). The van der Waals surface area contributed by atoms with E-state index >= 15 is 0 Å². The van der Waals surface area contributed by atoms with Crippen molar-refractivity contribution in [2.45, 2.75) is 13.0 Å². The van der Waals surface area contributed by atoms with Crippen molar-refractivity contribution in [2.75, 3.05) is 6.54 Å². The third-order valence-corrected chi connectivity index (χ3v) is 1.57. The summed E-state index contributed by atoms with van der Waals surface area (Å²) in [6.45, 7) is 0.0555. The zero-order valence-electron chi connectivity index (χ0n) is 8.25. The van der Waals surface area contributed by atoms with Gasteiger partial charge in [-0.25, -0.2) is 10.6 Å². The Hall–Kier alpha value is -2.23. The van der Waals surface area contributed by atoms with Crippen LogP contribution in [0, 0.1) is 0 Å². The minimum Gasteiger partial charge on any atom is -0.465 e. The van der Waals surface area contributed by atoms with Crippen LogP contribution in [0.3, 0.4) is 0 Å². The molecule has 1 heterocycles. The molecular formula is C6H11N7O3. The summed E-state index contributed by atoms with van der Waals surface area (Å²) in [4.78, 5) is 22.0. The van der Waals surface area contributed by atoms with Gasteiger partial charge in [-0.15, -0.1) is 10.2 Å². The van der Waals surface area contributed by atoms with Crippen LogP contribution in [-0.2, 0) is 17.8 Å². The van der Waals surface area contributed by atoms with E-state index in [0.717, 1.165) is 4.80 Å². The van der Waals surface area contributed by atoms with Gasteiger partial charge >= 0.3 is 6.09 Å². The van der Waals surface area contributed by atoms with Gasteiger partial charge in [-0.1, -0.05) is 0 Å². The third-order valence-electron chi connectivity index (χ3n) is 1.57. The van der Waals surface area contributed by atoms with Crippen molar-refractivity contribution in [2.24, 2.45) is 5.84 Å². The maximum Gasteiger partial charge on any atom is 0.404 e. The number of hydrogen-bond acceptors (Lipinski definition) is 6. The number of tetrazole rings is 1. The van der Waals surface area contributed by atoms with Crippen molar-refractivity contribution in [3.63, 3.8) is 0 Å². The van der Waals surface area contributed by atoms with Crippen LogP contribution < -0.4 is 16.6 Å². The molecule has 0 bridgehead atoms. The molecule has 10 nitrogen and oxygen atoms in total. The molecule has 2 amide bonds. The lowest BCUT2D eigenvalue weighted by Gasteiger charge is -1.96. The smallest absolute Gasteiger partial charge is 0.404 e. The molecule has 0 unspecified atom stereocenters.